The number of phenolic OH excluding ortho intramolecular Hbond substituents is 4. The van der Waals surface area contributed by atoms with Gasteiger partial charge in [0.2, 0.25) is 17.2 Å². The van der Waals surface area contributed by atoms with Crippen LogP contribution in [-0.2, 0) is 0 Å². The van der Waals surface area contributed by atoms with E-state index in [0.29, 0.717) is 16.9 Å². The standard InChI is InChI=1S/C26H16O5/c27-22-21-20(19-15-9-3-1-7-13(15)14-8-2-4-10-16(14)19)17-11-5-6-12-18(17)31-26(21)25(30)24(29)23(22)28/h1-12,27-30H. The third kappa shape index (κ3) is 2.20. The third-order valence-electron chi connectivity index (χ3n) is 5.90. The molecule has 150 valence electrons. The van der Waals surface area contributed by atoms with Crippen molar-refractivity contribution in [1.82, 2.24) is 0 Å². The van der Waals surface area contributed by atoms with Gasteiger partial charge in [0.1, 0.15) is 5.75 Å². The van der Waals surface area contributed by atoms with Crippen LogP contribution in [0.25, 0.3) is 22.3 Å². The summed E-state index contributed by atoms with van der Waals surface area (Å²) < 4.78 is 5.88. The summed E-state index contributed by atoms with van der Waals surface area (Å²) in [5, 5.41) is 41.8. The molecule has 0 spiro atoms. The van der Waals surface area contributed by atoms with Crippen LogP contribution >= 0.6 is 0 Å². The Bertz CT molecular complexity index is 1400. The minimum absolute atomic E-state index is 0.101. The Morgan fingerprint density at radius 3 is 1.55 bits per heavy atom. The van der Waals surface area contributed by atoms with Crippen molar-refractivity contribution in [2.45, 2.75) is 0 Å². The van der Waals surface area contributed by atoms with Crippen molar-refractivity contribution >= 4 is 11.1 Å². The summed E-state index contributed by atoms with van der Waals surface area (Å²) in [6.07, 6.45) is 0. The summed E-state index contributed by atoms with van der Waals surface area (Å²) in [6, 6.07) is 23.2. The quantitative estimate of drug-likeness (QED) is 0.194. The van der Waals surface area contributed by atoms with E-state index in [1.54, 1.807) is 12.1 Å². The van der Waals surface area contributed by atoms with Crippen LogP contribution < -0.4 is 4.74 Å². The van der Waals surface area contributed by atoms with Crippen molar-refractivity contribution < 1.29 is 25.2 Å². The molecule has 0 radical (unpaired) electrons. The Kier molecular flexibility index (Phi) is 3.42. The summed E-state index contributed by atoms with van der Waals surface area (Å²) >= 11 is 0. The predicted molar refractivity (Wildman–Crippen MR) is 117 cm³/mol. The lowest BCUT2D eigenvalue weighted by atomic mass is 9.85. The van der Waals surface area contributed by atoms with Crippen molar-refractivity contribution in [3.05, 3.63) is 95.1 Å². The molecule has 2 aliphatic rings. The predicted octanol–water partition coefficient (Wildman–Crippen LogP) is 5.60. The van der Waals surface area contributed by atoms with Crippen LogP contribution in [-0.4, -0.2) is 20.4 Å². The minimum atomic E-state index is -0.827. The first-order valence-electron chi connectivity index (χ1n) is 9.78. The summed E-state index contributed by atoms with van der Waals surface area (Å²) in [4.78, 5) is 0. The second kappa shape index (κ2) is 6.06. The van der Waals surface area contributed by atoms with Crippen LogP contribution in [0.3, 0.4) is 0 Å². The second-order valence-electron chi connectivity index (χ2n) is 7.54. The van der Waals surface area contributed by atoms with E-state index in [1.807, 2.05) is 60.7 Å². The molecule has 6 rings (SSSR count). The van der Waals surface area contributed by atoms with Crippen molar-refractivity contribution in [3.63, 3.8) is 0 Å². The molecule has 0 atom stereocenters. The van der Waals surface area contributed by atoms with E-state index in [1.165, 1.54) is 0 Å². The molecule has 0 saturated carbocycles. The zero-order chi connectivity index (χ0) is 21.3. The highest BCUT2D eigenvalue weighted by Gasteiger charge is 2.37. The van der Waals surface area contributed by atoms with E-state index in [0.717, 1.165) is 27.8 Å². The number of rotatable bonds is 0. The van der Waals surface area contributed by atoms with Crippen LogP contribution in [0.5, 0.6) is 34.5 Å². The fourth-order valence-electron chi connectivity index (χ4n) is 4.56. The van der Waals surface area contributed by atoms with Gasteiger partial charge < -0.3 is 25.2 Å². The molecule has 4 aromatic rings. The summed E-state index contributed by atoms with van der Waals surface area (Å²) in [5.41, 5.74) is 6.33. The molecule has 0 unspecified atom stereocenters. The fourth-order valence-corrected chi connectivity index (χ4v) is 4.56. The van der Waals surface area contributed by atoms with Crippen molar-refractivity contribution in [2.75, 3.05) is 0 Å². The molecule has 0 amide bonds. The largest absolute Gasteiger partial charge is 0.504 e. The van der Waals surface area contributed by atoms with Crippen LogP contribution in [0, 0.1) is 0 Å². The molecule has 0 aromatic heterocycles. The molecule has 0 fully saturated rings. The van der Waals surface area contributed by atoms with Gasteiger partial charge in [-0.3, -0.25) is 0 Å². The molecule has 0 saturated heterocycles. The highest BCUT2D eigenvalue weighted by atomic mass is 16.5. The first-order chi connectivity index (χ1) is 15.1. The third-order valence-corrected chi connectivity index (χ3v) is 5.90. The van der Waals surface area contributed by atoms with E-state index >= 15 is 0 Å². The monoisotopic (exact) mass is 408 g/mol. The van der Waals surface area contributed by atoms with Gasteiger partial charge >= 0.3 is 0 Å². The maximum absolute atomic E-state index is 10.9. The molecule has 1 aliphatic heterocycles. The van der Waals surface area contributed by atoms with E-state index < -0.39 is 23.0 Å². The molecule has 4 aromatic carbocycles. The Morgan fingerprint density at radius 2 is 0.935 bits per heavy atom. The van der Waals surface area contributed by atoms with Gasteiger partial charge in [0.15, 0.2) is 11.5 Å². The van der Waals surface area contributed by atoms with Crippen LogP contribution in [0.1, 0.15) is 22.3 Å². The molecule has 4 N–H and O–H groups in total. The number of aromatic hydroxyl groups is 4. The summed E-state index contributed by atoms with van der Waals surface area (Å²) in [5.74, 6) is -2.43. The highest BCUT2D eigenvalue weighted by molar-refractivity contribution is 6.16. The number of benzene rings is 4. The maximum atomic E-state index is 10.9. The number of fused-ring (bicyclic) bond motifs is 5. The van der Waals surface area contributed by atoms with Gasteiger partial charge in [-0.25, -0.2) is 0 Å². The number of hydrogen-bond acceptors (Lipinski definition) is 5. The molecular weight excluding hydrogens is 392 g/mol. The van der Waals surface area contributed by atoms with Crippen LogP contribution in [0.2, 0.25) is 0 Å². The number of hydrogen-bond donors (Lipinski definition) is 4. The Labute approximate surface area is 177 Å². The van der Waals surface area contributed by atoms with Gasteiger partial charge in [0, 0.05) is 11.1 Å². The number of para-hydroxylation sites is 1. The minimum Gasteiger partial charge on any atom is -0.504 e. The SMILES string of the molecule is Oc1c(O)c(O)c2c(c1O)Oc1ccccc1C2=C1c2ccccc2-c2ccccc21. The topological polar surface area (TPSA) is 90.2 Å². The molecule has 31 heavy (non-hydrogen) atoms. The van der Waals surface area contributed by atoms with Crippen molar-refractivity contribution in [2.24, 2.45) is 0 Å². The Hall–Kier alpha value is -4.38. The molecule has 5 heteroatoms. The number of ether oxygens (including phenoxy) is 1. The van der Waals surface area contributed by atoms with Gasteiger partial charge in [-0.05, 0) is 33.9 Å². The van der Waals surface area contributed by atoms with Crippen LogP contribution in [0.15, 0.2) is 72.8 Å². The van der Waals surface area contributed by atoms with E-state index in [9.17, 15) is 20.4 Å². The Balaban J connectivity index is 1.85. The summed E-state index contributed by atoms with van der Waals surface area (Å²) in [6.45, 7) is 0. The fraction of sp³-hybridized carbons (Fsp3) is 0. The van der Waals surface area contributed by atoms with Crippen molar-refractivity contribution in [3.8, 4) is 45.6 Å². The lowest BCUT2D eigenvalue weighted by Gasteiger charge is -2.27. The first kappa shape index (κ1) is 17.5. The first-order valence-corrected chi connectivity index (χ1v) is 9.78. The molecular formula is C26H16O5. The molecule has 1 aliphatic carbocycles. The zero-order valence-electron chi connectivity index (χ0n) is 16.1. The molecule has 0 bridgehead atoms. The second-order valence-corrected chi connectivity index (χ2v) is 7.54. The van der Waals surface area contributed by atoms with Gasteiger partial charge in [0.25, 0.3) is 0 Å². The summed E-state index contributed by atoms with van der Waals surface area (Å²) in [7, 11) is 0. The maximum Gasteiger partial charge on any atom is 0.208 e. The zero-order valence-corrected chi connectivity index (χ0v) is 16.1. The highest BCUT2D eigenvalue weighted by Crippen LogP contribution is 2.61. The lowest BCUT2D eigenvalue weighted by molar-refractivity contribution is 0.328. The smallest absolute Gasteiger partial charge is 0.208 e. The van der Waals surface area contributed by atoms with Gasteiger partial charge in [-0.1, -0.05) is 66.7 Å². The normalized spacial score (nSPS) is 13.2. The number of phenols is 4. The van der Waals surface area contributed by atoms with Crippen molar-refractivity contribution in [1.29, 1.82) is 0 Å². The van der Waals surface area contributed by atoms with E-state index in [4.69, 9.17) is 4.74 Å². The Morgan fingerprint density at radius 1 is 0.452 bits per heavy atom. The average Bonchev–Trinajstić information content (AvgIpc) is 3.14. The molecule has 1 heterocycles. The van der Waals surface area contributed by atoms with E-state index in [-0.39, 0.29) is 11.3 Å². The average molecular weight is 408 g/mol. The van der Waals surface area contributed by atoms with Crippen LogP contribution in [0.4, 0.5) is 0 Å². The lowest BCUT2D eigenvalue weighted by Crippen LogP contribution is -2.05. The molecule has 5 nitrogen and oxygen atoms in total. The van der Waals surface area contributed by atoms with E-state index in [2.05, 4.69) is 0 Å². The van der Waals surface area contributed by atoms with Gasteiger partial charge in [0.05, 0.1) is 5.56 Å². The van der Waals surface area contributed by atoms with Gasteiger partial charge in [-0.2, -0.15) is 0 Å². The van der Waals surface area contributed by atoms with Gasteiger partial charge in [-0.15, -0.1) is 0 Å².